The van der Waals surface area contributed by atoms with Gasteiger partial charge in [-0.25, -0.2) is 9.18 Å². The number of piperidine rings is 1. The number of carbonyl (C=O) groups is 1. The van der Waals surface area contributed by atoms with Gasteiger partial charge in [0.25, 0.3) is 0 Å². The molecule has 0 saturated carbocycles. The minimum absolute atomic E-state index is 0.179. The molecule has 4 nitrogen and oxygen atoms in total. The van der Waals surface area contributed by atoms with Gasteiger partial charge >= 0.3 is 6.09 Å². The number of rotatable bonds is 3. The van der Waals surface area contributed by atoms with Crippen LogP contribution in [0.5, 0.6) is 0 Å². The van der Waals surface area contributed by atoms with Crippen LogP contribution in [-0.4, -0.2) is 37.2 Å². The predicted octanol–water partition coefficient (Wildman–Crippen LogP) is 2.15. The van der Waals surface area contributed by atoms with Crippen LogP contribution in [0.2, 0.25) is 0 Å². The van der Waals surface area contributed by atoms with Crippen molar-refractivity contribution in [2.45, 2.75) is 25.4 Å². The van der Waals surface area contributed by atoms with E-state index < -0.39 is 0 Å². The summed E-state index contributed by atoms with van der Waals surface area (Å²) in [6.45, 7) is 1.89. The normalized spacial score (nSPS) is 16.4. The number of nitrogens with zero attached hydrogens (tertiary/aromatic N) is 1. The van der Waals surface area contributed by atoms with E-state index in [1.807, 2.05) is 6.07 Å². The zero-order valence-corrected chi connectivity index (χ0v) is 11.1. The molecule has 1 saturated heterocycles. The Kier molecular flexibility index (Phi) is 4.74. The molecular weight excluding hydrogens is 247 g/mol. The summed E-state index contributed by atoms with van der Waals surface area (Å²) in [5.41, 5.74) is 0.679. The maximum Gasteiger partial charge on any atom is 0.409 e. The van der Waals surface area contributed by atoms with E-state index in [0.717, 1.165) is 12.8 Å². The molecular formula is C14H19FN2O2. The van der Waals surface area contributed by atoms with Gasteiger partial charge in [-0.2, -0.15) is 0 Å². The van der Waals surface area contributed by atoms with Crippen molar-refractivity contribution in [1.29, 1.82) is 0 Å². The third-order valence-corrected chi connectivity index (χ3v) is 3.47. The Morgan fingerprint density at radius 3 is 2.74 bits per heavy atom. The third-order valence-electron chi connectivity index (χ3n) is 3.47. The summed E-state index contributed by atoms with van der Waals surface area (Å²) in [7, 11) is 1.39. The SMILES string of the molecule is COC(=O)N1CCC(NCc2ccccc2F)CC1. The molecule has 0 bridgehead atoms. The van der Waals surface area contributed by atoms with E-state index in [-0.39, 0.29) is 11.9 Å². The first-order valence-electron chi connectivity index (χ1n) is 6.50. The molecule has 1 aromatic rings. The van der Waals surface area contributed by atoms with Gasteiger partial charge in [-0.05, 0) is 18.9 Å². The summed E-state index contributed by atoms with van der Waals surface area (Å²) in [6, 6.07) is 7.09. The molecule has 2 rings (SSSR count). The fourth-order valence-electron chi connectivity index (χ4n) is 2.29. The van der Waals surface area contributed by atoms with E-state index in [4.69, 9.17) is 0 Å². The van der Waals surface area contributed by atoms with Crippen molar-refractivity contribution >= 4 is 6.09 Å². The van der Waals surface area contributed by atoms with E-state index in [0.29, 0.717) is 31.2 Å². The van der Waals surface area contributed by atoms with Gasteiger partial charge in [-0.15, -0.1) is 0 Å². The molecule has 1 amide bonds. The van der Waals surface area contributed by atoms with Crippen molar-refractivity contribution in [3.05, 3.63) is 35.6 Å². The lowest BCUT2D eigenvalue weighted by atomic mass is 10.0. The lowest BCUT2D eigenvalue weighted by Crippen LogP contribution is -2.44. The van der Waals surface area contributed by atoms with Gasteiger partial charge in [-0.3, -0.25) is 0 Å². The maximum absolute atomic E-state index is 13.4. The van der Waals surface area contributed by atoms with E-state index >= 15 is 0 Å². The van der Waals surface area contributed by atoms with Crippen molar-refractivity contribution < 1.29 is 13.9 Å². The predicted molar refractivity (Wildman–Crippen MR) is 70.2 cm³/mol. The Balaban J connectivity index is 1.77. The van der Waals surface area contributed by atoms with Gasteiger partial charge in [-0.1, -0.05) is 18.2 Å². The fraction of sp³-hybridized carbons (Fsp3) is 0.500. The first-order chi connectivity index (χ1) is 9.20. The topological polar surface area (TPSA) is 41.6 Å². The molecule has 104 valence electrons. The van der Waals surface area contributed by atoms with Gasteiger partial charge in [0.2, 0.25) is 0 Å². The first kappa shape index (κ1) is 13.8. The average molecular weight is 266 g/mol. The molecule has 0 atom stereocenters. The summed E-state index contributed by atoms with van der Waals surface area (Å²) in [4.78, 5) is 13.0. The number of hydrogen-bond donors (Lipinski definition) is 1. The summed E-state index contributed by atoms with van der Waals surface area (Å²) in [5.74, 6) is -0.179. The molecule has 1 aromatic carbocycles. The monoisotopic (exact) mass is 266 g/mol. The number of nitrogens with one attached hydrogen (secondary N) is 1. The molecule has 0 aliphatic carbocycles. The first-order valence-corrected chi connectivity index (χ1v) is 6.50. The van der Waals surface area contributed by atoms with Crippen LogP contribution in [0.1, 0.15) is 18.4 Å². The van der Waals surface area contributed by atoms with Crippen LogP contribution in [0, 0.1) is 5.82 Å². The summed E-state index contributed by atoms with van der Waals surface area (Å²) in [6.07, 6.45) is 1.46. The van der Waals surface area contributed by atoms with Crippen LogP contribution in [0.4, 0.5) is 9.18 Å². The molecule has 19 heavy (non-hydrogen) atoms. The Morgan fingerprint density at radius 2 is 2.11 bits per heavy atom. The molecule has 0 unspecified atom stereocenters. The van der Waals surface area contributed by atoms with Crippen LogP contribution in [-0.2, 0) is 11.3 Å². The Hall–Kier alpha value is -1.62. The number of likely N-dealkylation sites (tertiary alicyclic amines) is 1. The van der Waals surface area contributed by atoms with Gasteiger partial charge in [0, 0.05) is 31.2 Å². The van der Waals surface area contributed by atoms with Crippen molar-refractivity contribution in [3.63, 3.8) is 0 Å². The van der Waals surface area contributed by atoms with Gasteiger partial charge in [0.05, 0.1) is 7.11 Å². The number of carbonyl (C=O) groups excluding carboxylic acids is 1. The Labute approximate surface area is 112 Å². The van der Waals surface area contributed by atoms with Crippen LogP contribution < -0.4 is 5.32 Å². The highest BCUT2D eigenvalue weighted by molar-refractivity contribution is 5.67. The Morgan fingerprint density at radius 1 is 1.42 bits per heavy atom. The second kappa shape index (κ2) is 6.52. The fourth-order valence-corrected chi connectivity index (χ4v) is 2.29. The van der Waals surface area contributed by atoms with Crippen molar-refractivity contribution in [2.75, 3.05) is 20.2 Å². The van der Waals surface area contributed by atoms with E-state index in [1.165, 1.54) is 13.2 Å². The highest BCUT2D eigenvalue weighted by Gasteiger charge is 2.22. The van der Waals surface area contributed by atoms with Crippen molar-refractivity contribution in [2.24, 2.45) is 0 Å². The van der Waals surface area contributed by atoms with Crippen LogP contribution in [0.3, 0.4) is 0 Å². The third kappa shape index (κ3) is 3.67. The van der Waals surface area contributed by atoms with E-state index in [1.54, 1.807) is 17.0 Å². The smallest absolute Gasteiger partial charge is 0.409 e. The van der Waals surface area contributed by atoms with Crippen LogP contribution in [0.15, 0.2) is 24.3 Å². The number of benzene rings is 1. The van der Waals surface area contributed by atoms with Gasteiger partial charge in [0.15, 0.2) is 0 Å². The lowest BCUT2D eigenvalue weighted by Gasteiger charge is -2.31. The largest absolute Gasteiger partial charge is 0.453 e. The molecule has 5 heteroatoms. The second-order valence-corrected chi connectivity index (χ2v) is 4.70. The number of halogens is 1. The highest BCUT2D eigenvalue weighted by Crippen LogP contribution is 2.13. The minimum Gasteiger partial charge on any atom is -0.453 e. The molecule has 0 spiro atoms. The summed E-state index contributed by atoms with van der Waals surface area (Å²) < 4.78 is 18.1. The molecule has 1 aliphatic heterocycles. The summed E-state index contributed by atoms with van der Waals surface area (Å²) in [5, 5.41) is 3.34. The van der Waals surface area contributed by atoms with Gasteiger partial charge < -0.3 is 15.0 Å². The van der Waals surface area contributed by atoms with Gasteiger partial charge in [0.1, 0.15) is 5.82 Å². The number of hydrogen-bond acceptors (Lipinski definition) is 3. The molecule has 1 aliphatic rings. The molecule has 1 N–H and O–H groups in total. The zero-order valence-electron chi connectivity index (χ0n) is 11.1. The molecule has 1 heterocycles. The molecule has 0 aromatic heterocycles. The van der Waals surface area contributed by atoms with Crippen molar-refractivity contribution in [1.82, 2.24) is 10.2 Å². The number of methoxy groups -OCH3 is 1. The lowest BCUT2D eigenvalue weighted by molar-refractivity contribution is 0.109. The molecule has 1 fully saturated rings. The Bertz CT molecular complexity index is 431. The minimum atomic E-state index is -0.271. The van der Waals surface area contributed by atoms with Crippen molar-refractivity contribution in [3.8, 4) is 0 Å². The van der Waals surface area contributed by atoms with Crippen LogP contribution in [0.25, 0.3) is 0 Å². The second-order valence-electron chi connectivity index (χ2n) is 4.70. The highest BCUT2D eigenvalue weighted by atomic mass is 19.1. The average Bonchev–Trinajstić information content (AvgIpc) is 2.46. The standard InChI is InChI=1S/C14H19FN2O2/c1-19-14(18)17-8-6-12(7-9-17)16-10-11-4-2-3-5-13(11)15/h2-5,12,16H,6-10H2,1H3. The quantitative estimate of drug-likeness (QED) is 0.911. The van der Waals surface area contributed by atoms with E-state index in [2.05, 4.69) is 10.1 Å². The maximum atomic E-state index is 13.4. The van der Waals surface area contributed by atoms with E-state index in [9.17, 15) is 9.18 Å². The number of amides is 1. The number of ether oxygens (including phenoxy) is 1. The van der Waals surface area contributed by atoms with Crippen LogP contribution >= 0.6 is 0 Å². The summed E-state index contributed by atoms with van der Waals surface area (Å²) >= 11 is 0. The zero-order chi connectivity index (χ0) is 13.7. The molecule has 0 radical (unpaired) electrons.